The van der Waals surface area contributed by atoms with E-state index in [4.69, 9.17) is 11.6 Å². The largest absolute Gasteiger partial charge is 0.389 e. The van der Waals surface area contributed by atoms with Crippen LogP contribution in [-0.4, -0.2) is 41.9 Å². The molecule has 4 aromatic rings. The van der Waals surface area contributed by atoms with E-state index in [1.54, 1.807) is 6.33 Å². The van der Waals surface area contributed by atoms with Crippen molar-refractivity contribution in [3.8, 4) is 0 Å². The fourth-order valence-corrected chi connectivity index (χ4v) is 6.11. The minimum absolute atomic E-state index is 0.130. The first-order valence-electron chi connectivity index (χ1n) is 11.0. The summed E-state index contributed by atoms with van der Waals surface area (Å²) in [6.07, 6.45) is 7.38. The van der Waals surface area contributed by atoms with Crippen molar-refractivity contribution in [3.05, 3.63) is 75.9 Å². The maximum Gasteiger partial charge on any atom is 0.143 e. The molecule has 1 spiro atoms. The van der Waals surface area contributed by atoms with Crippen LogP contribution in [0.1, 0.15) is 36.1 Å². The molecule has 3 heterocycles. The van der Waals surface area contributed by atoms with Crippen molar-refractivity contribution in [2.75, 3.05) is 0 Å². The molecule has 6 nitrogen and oxygen atoms in total. The predicted molar refractivity (Wildman–Crippen MR) is 131 cm³/mol. The van der Waals surface area contributed by atoms with E-state index >= 15 is 0 Å². The van der Waals surface area contributed by atoms with Crippen molar-refractivity contribution in [1.82, 2.24) is 19.5 Å². The Bertz CT molecular complexity index is 1440. The zero-order valence-corrected chi connectivity index (χ0v) is 20.2. The van der Waals surface area contributed by atoms with E-state index in [2.05, 4.69) is 55.2 Å². The average molecular weight is 526 g/mol. The Morgan fingerprint density at radius 2 is 2.00 bits per heavy atom. The van der Waals surface area contributed by atoms with Crippen molar-refractivity contribution < 1.29 is 10.2 Å². The first-order chi connectivity index (χ1) is 15.9. The third-order valence-corrected chi connectivity index (χ3v) is 8.52. The van der Waals surface area contributed by atoms with Crippen LogP contribution in [0.2, 0.25) is 5.15 Å². The molecule has 5 atom stereocenters. The number of fused-ring (bicyclic) bond motifs is 2. The number of aromatic nitrogens is 4. The lowest BCUT2D eigenvalue weighted by molar-refractivity contribution is -0.0129. The summed E-state index contributed by atoms with van der Waals surface area (Å²) in [5, 5.41) is 24.6. The van der Waals surface area contributed by atoms with Gasteiger partial charge in [0.15, 0.2) is 0 Å². The normalized spacial score (nSPS) is 29.1. The number of allylic oxidation sites excluding steroid dienone is 1. The molecule has 6 rings (SSSR count). The third kappa shape index (κ3) is 3.25. The van der Waals surface area contributed by atoms with Gasteiger partial charge in [0, 0.05) is 28.3 Å². The number of hydrogen-bond acceptors (Lipinski definition) is 5. The standard InChI is InChI=1S/C25H22BrClN4O2/c1-13-17-5-7-31(24(17)29-12-28-13)20-11-25(22(33)21(20)32)6-4-16(10-25)14-2-3-15-8-18(26)23(27)30-19(15)9-14/h2-9,12,16,20-22,32-33H,10-11H2,1H3/t16-,20-,21+,22+,25+/m1/s1. The molecule has 2 aliphatic carbocycles. The number of rotatable bonds is 2. The van der Waals surface area contributed by atoms with Gasteiger partial charge in [-0.2, -0.15) is 0 Å². The van der Waals surface area contributed by atoms with Gasteiger partial charge in [0.05, 0.1) is 27.8 Å². The van der Waals surface area contributed by atoms with Crippen LogP contribution < -0.4 is 0 Å². The van der Waals surface area contributed by atoms with Gasteiger partial charge in [0.2, 0.25) is 0 Å². The van der Waals surface area contributed by atoms with Crippen molar-refractivity contribution in [1.29, 1.82) is 0 Å². The lowest BCUT2D eigenvalue weighted by Crippen LogP contribution is -2.34. The van der Waals surface area contributed by atoms with Gasteiger partial charge in [-0.15, -0.1) is 0 Å². The number of aliphatic hydroxyl groups excluding tert-OH is 2. The predicted octanol–water partition coefficient (Wildman–Crippen LogP) is 5.10. The minimum atomic E-state index is -0.881. The van der Waals surface area contributed by atoms with Crippen LogP contribution in [0, 0.1) is 12.3 Å². The van der Waals surface area contributed by atoms with Gasteiger partial charge >= 0.3 is 0 Å². The Kier molecular flexibility index (Phi) is 4.89. The Morgan fingerprint density at radius 1 is 1.15 bits per heavy atom. The second-order valence-corrected chi connectivity index (χ2v) is 10.5. The second kappa shape index (κ2) is 7.60. The van der Waals surface area contributed by atoms with E-state index in [0.717, 1.165) is 44.1 Å². The Balaban J connectivity index is 1.31. The molecule has 3 aromatic heterocycles. The quantitative estimate of drug-likeness (QED) is 0.281. The number of halogens is 2. The highest BCUT2D eigenvalue weighted by Gasteiger charge is 2.54. The maximum absolute atomic E-state index is 11.2. The summed E-state index contributed by atoms with van der Waals surface area (Å²) in [4.78, 5) is 13.2. The van der Waals surface area contributed by atoms with Gasteiger partial charge in [0.25, 0.3) is 0 Å². The summed E-state index contributed by atoms with van der Waals surface area (Å²) in [5.41, 5.74) is 3.17. The number of aliphatic hydroxyl groups is 2. The SMILES string of the molecule is Cc1ncnc2c1ccn2[C@@H]1C[C@@]2(C=C[C@@H](c3ccc4cc(Br)c(Cl)nc4c3)C2)[C@@H](O)[C@H]1O. The maximum atomic E-state index is 11.2. The molecule has 8 heteroatoms. The van der Waals surface area contributed by atoms with Crippen LogP contribution in [0.4, 0.5) is 0 Å². The first-order valence-corrected chi connectivity index (χ1v) is 12.1. The van der Waals surface area contributed by atoms with E-state index in [9.17, 15) is 10.2 Å². The Morgan fingerprint density at radius 3 is 2.85 bits per heavy atom. The molecule has 2 N–H and O–H groups in total. The Labute approximate surface area is 204 Å². The number of aryl methyl sites for hydroxylation is 1. The van der Waals surface area contributed by atoms with Crippen molar-refractivity contribution in [2.45, 2.75) is 43.9 Å². The molecular formula is C25H22BrClN4O2. The Hall–Kier alpha value is -2.32. The van der Waals surface area contributed by atoms with Crippen LogP contribution >= 0.6 is 27.5 Å². The van der Waals surface area contributed by atoms with Crippen LogP contribution in [0.15, 0.2) is 59.5 Å². The fraction of sp³-hybridized carbons (Fsp3) is 0.320. The lowest BCUT2D eigenvalue weighted by atomic mass is 9.80. The van der Waals surface area contributed by atoms with Gasteiger partial charge in [-0.25, -0.2) is 15.0 Å². The van der Waals surface area contributed by atoms with Crippen LogP contribution in [0.3, 0.4) is 0 Å². The highest BCUT2D eigenvalue weighted by molar-refractivity contribution is 9.10. The summed E-state index contributed by atoms with van der Waals surface area (Å²) in [6, 6.07) is 9.91. The second-order valence-electron chi connectivity index (χ2n) is 9.24. The van der Waals surface area contributed by atoms with Crippen LogP contribution in [0.25, 0.3) is 21.9 Å². The lowest BCUT2D eigenvalue weighted by Gasteiger charge is -2.27. The molecule has 168 valence electrons. The zero-order chi connectivity index (χ0) is 22.9. The smallest absolute Gasteiger partial charge is 0.143 e. The minimum Gasteiger partial charge on any atom is -0.389 e. The summed E-state index contributed by atoms with van der Waals surface area (Å²) in [7, 11) is 0. The number of pyridine rings is 1. The zero-order valence-electron chi connectivity index (χ0n) is 17.9. The van der Waals surface area contributed by atoms with Gasteiger partial charge < -0.3 is 14.8 Å². The molecule has 0 amide bonds. The van der Waals surface area contributed by atoms with Gasteiger partial charge in [0.1, 0.15) is 23.2 Å². The van der Waals surface area contributed by atoms with Crippen LogP contribution in [-0.2, 0) is 0 Å². The summed E-state index contributed by atoms with van der Waals surface area (Å²) < 4.78 is 2.77. The van der Waals surface area contributed by atoms with E-state index in [0.29, 0.717) is 11.6 Å². The number of nitrogens with zero attached hydrogens (tertiary/aromatic N) is 4. The molecule has 2 aliphatic rings. The van der Waals surface area contributed by atoms with Gasteiger partial charge in [-0.3, -0.25) is 0 Å². The highest BCUT2D eigenvalue weighted by atomic mass is 79.9. The van der Waals surface area contributed by atoms with Crippen molar-refractivity contribution in [3.63, 3.8) is 0 Å². The summed E-state index contributed by atoms with van der Waals surface area (Å²) in [5.74, 6) is 0.130. The van der Waals surface area contributed by atoms with Gasteiger partial charge in [-0.05, 0) is 59.5 Å². The van der Waals surface area contributed by atoms with E-state index in [-0.39, 0.29) is 12.0 Å². The monoisotopic (exact) mass is 524 g/mol. The van der Waals surface area contributed by atoms with Crippen LogP contribution in [0.5, 0.6) is 0 Å². The summed E-state index contributed by atoms with van der Waals surface area (Å²) in [6.45, 7) is 1.95. The fourth-order valence-electron chi connectivity index (χ4n) is 5.63. The highest BCUT2D eigenvalue weighted by Crippen LogP contribution is 2.55. The molecule has 1 saturated carbocycles. The molecule has 0 bridgehead atoms. The molecule has 0 saturated heterocycles. The molecule has 1 fully saturated rings. The molecule has 0 aliphatic heterocycles. The van der Waals surface area contributed by atoms with Gasteiger partial charge in [-0.1, -0.05) is 35.9 Å². The van der Waals surface area contributed by atoms with E-state index < -0.39 is 17.6 Å². The topological polar surface area (TPSA) is 84.1 Å². The molecule has 0 radical (unpaired) electrons. The molecular weight excluding hydrogens is 504 g/mol. The first kappa shape index (κ1) is 21.2. The molecule has 0 unspecified atom stereocenters. The third-order valence-electron chi connectivity index (χ3n) is 7.40. The average Bonchev–Trinajstić information content (AvgIpc) is 3.48. The molecule has 1 aromatic carbocycles. The van der Waals surface area contributed by atoms with E-state index in [1.165, 1.54) is 0 Å². The van der Waals surface area contributed by atoms with Crippen molar-refractivity contribution >= 4 is 49.5 Å². The number of hydrogen-bond donors (Lipinski definition) is 2. The molecule has 33 heavy (non-hydrogen) atoms. The number of benzene rings is 1. The van der Waals surface area contributed by atoms with Crippen molar-refractivity contribution in [2.24, 2.45) is 5.41 Å². The van der Waals surface area contributed by atoms with E-state index in [1.807, 2.05) is 35.9 Å². The summed E-state index contributed by atoms with van der Waals surface area (Å²) >= 11 is 9.63.